The van der Waals surface area contributed by atoms with Crippen molar-refractivity contribution in [3.63, 3.8) is 0 Å². The Morgan fingerprint density at radius 3 is 2.62 bits per heavy atom. The van der Waals surface area contributed by atoms with E-state index in [9.17, 15) is 13.9 Å². The zero-order valence-corrected chi connectivity index (χ0v) is 7.00. The average molecular weight is 187 g/mol. The molecule has 0 aromatic heterocycles. The van der Waals surface area contributed by atoms with Crippen LogP contribution in [0.5, 0.6) is 0 Å². The molecule has 0 heterocycles. The van der Waals surface area contributed by atoms with Crippen molar-refractivity contribution >= 4 is 0 Å². The van der Waals surface area contributed by atoms with Crippen molar-refractivity contribution in [3.8, 4) is 0 Å². The molecule has 72 valence electrons. The molecule has 0 fully saturated rings. The normalized spacial score (nSPS) is 12.9. The Labute approximate surface area is 75.0 Å². The SMILES string of the molecule is NCC[C@@H](O)c1ccc(F)cc1F. The molecule has 0 spiro atoms. The molecule has 0 aliphatic heterocycles. The minimum absolute atomic E-state index is 0.0897. The first-order chi connectivity index (χ1) is 6.15. The van der Waals surface area contributed by atoms with Crippen molar-refractivity contribution < 1.29 is 13.9 Å². The molecule has 0 saturated heterocycles. The zero-order valence-electron chi connectivity index (χ0n) is 7.00. The van der Waals surface area contributed by atoms with Crippen molar-refractivity contribution in [3.05, 3.63) is 35.4 Å². The molecule has 0 amide bonds. The number of rotatable bonds is 3. The molecule has 1 aromatic carbocycles. The molecule has 2 nitrogen and oxygen atoms in total. The molecule has 3 N–H and O–H groups in total. The van der Waals surface area contributed by atoms with Crippen molar-refractivity contribution in [1.82, 2.24) is 0 Å². The highest BCUT2D eigenvalue weighted by Gasteiger charge is 2.11. The Hall–Kier alpha value is -1.00. The van der Waals surface area contributed by atoms with Gasteiger partial charge in [0.05, 0.1) is 6.10 Å². The van der Waals surface area contributed by atoms with Crippen LogP contribution in [0, 0.1) is 11.6 Å². The fourth-order valence-electron chi connectivity index (χ4n) is 1.09. The van der Waals surface area contributed by atoms with Gasteiger partial charge in [0, 0.05) is 11.6 Å². The maximum absolute atomic E-state index is 13.0. The van der Waals surface area contributed by atoms with Crippen LogP contribution >= 0.6 is 0 Å². The van der Waals surface area contributed by atoms with Crippen molar-refractivity contribution in [2.24, 2.45) is 5.73 Å². The monoisotopic (exact) mass is 187 g/mol. The Bertz CT molecular complexity index is 291. The van der Waals surface area contributed by atoms with E-state index in [4.69, 9.17) is 5.73 Å². The minimum Gasteiger partial charge on any atom is -0.388 e. The lowest BCUT2D eigenvalue weighted by molar-refractivity contribution is 0.165. The van der Waals surface area contributed by atoms with Crippen LogP contribution in [-0.2, 0) is 0 Å². The lowest BCUT2D eigenvalue weighted by Crippen LogP contribution is -2.08. The van der Waals surface area contributed by atoms with Gasteiger partial charge in [0.15, 0.2) is 0 Å². The number of hydrogen-bond donors (Lipinski definition) is 2. The second-order valence-corrected chi connectivity index (χ2v) is 2.76. The summed E-state index contributed by atoms with van der Waals surface area (Å²) in [6.45, 7) is 0.262. The van der Waals surface area contributed by atoms with E-state index in [0.717, 1.165) is 12.1 Å². The number of nitrogens with two attached hydrogens (primary N) is 1. The smallest absolute Gasteiger partial charge is 0.131 e. The first-order valence-electron chi connectivity index (χ1n) is 3.98. The first kappa shape index (κ1) is 10.1. The highest BCUT2D eigenvalue weighted by Crippen LogP contribution is 2.19. The fourth-order valence-corrected chi connectivity index (χ4v) is 1.09. The molecule has 13 heavy (non-hydrogen) atoms. The highest BCUT2D eigenvalue weighted by atomic mass is 19.1. The number of benzene rings is 1. The molecule has 4 heteroatoms. The van der Waals surface area contributed by atoms with Gasteiger partial charge in [0.2, 0.25) is 0 Å². The van der Waals surface area contributed by atoms with Gasteiger partial charge in [-0.1, -0.05) is 6.07 Å². The molecule has 1 rings (SSSR count). The summed E-state index contributed by atoms with van der Waals surface area (Å²) in [6.07, 6.45) is -0.687. The third-order valence-corrected chi connectivity index (χ3v) is 1.76. The van der Waals surface area contributed by atoms with Gasteiger partial charge in [0.25, 0.3) is 0 Å². The van der Waals surface area contributed by atoms with Crippen molar-refractivity contribution in [1.29, 1.82) is 0 Å². The lowest BCUT2D eigenvalue weighted by Gasteiger charge is -2.09. The van der Waals surface area contributed by atoms with E-state index in [0.29, 0.717) is 0 Å². The van der Waals surface area contributed by atoms with Crippen LogP contribution in [0.4, 0.5) is 8.78 Å². The average Bonchev–Trinajstić information content (AvgIpc) is 2.04. The van der Waals surface area contributed by atoms with Gasteiger partial charge in [-0.15, -0.1) is 0 Å². The molecule has 1 atom stereocenters. The van der Waals surface area contributed by atoms with E-state index in [1.54, 1.807) is 0 Å². The van der Waals surface area contributed by atoms with E-state index in [1.807, 2.05) is 0 Å². The summed E-state index contributed by atoms with van der Waals surface area (Å²) in [7, 11) is 0. The summed E-state index contributed by atoms with van der Waals surface area (Å²) >= 11 is 0. The molecule has 0 bridgehead atoms. The van der Waals surface area contributed by atoms with Crippen LogP contribution in [0.15, 0.2) is 18.2 Å². The maximum atomic E-state index is 13.0. The highest BCUT2D eigenvalue weighted by molar-refractivity contribution is 5.20. The second kappa shape index (κ2) is 4.30. The van der Waals surface area contributed by atoms with Gasteiger partial charge in [-0.05, 0) is 19.0 Å². The third-order valence-electron chi connectivity index (χ3n) is 1.76. The van der Waals surface area contributed by atoms with E-state index in [1.165, 1.54) is 6.07 Å². The predicted octanol–water partition coefficient (Wildman–Crippen LogP) is 1.35. The van der Waals surface area contributed by atoms with Crippen LogP contribution in [0.2, 0.25) is 0 Å². The van der Waals surface area contributed by atoms with E-state index < -0.39 is 17.7 Å². The fraction of sp³-hybridized carbons (Fsp3) is 0.333. The number of aliphatic hydroxyl groups excluding tert-OH is 1. The molecule has 0 radical (unpaired) electrons. The van der Waals surface area contributed by atoms with Gasteiger partial charge in [-0.2, -0.15) is 0 Å². The van der Waals surface area contributed by atoms with Crippen LogP contribution in [0.25, 0.3) is 0 Å². The molecular formula is C9H11F2NO. The van der Waals surface area contributed by atoms with E-state index in [2.05, 4.69) is 0 Å². The largest absolute Gasteiger partial charge is 0.388 e. The maximum Gasteiger partial charge on any atom is 0.131 e. The summed E-state index contributed by atoms with van der Waals surface area (Å²) in [5, 5.41) is 9.35. The minimum atomic E-state index is -0.953. The summed E-state index contributed by atoms with van der Waals surface area (Å²) in [5.74, 6) is -1.39. The van der Waals surface area contributed by atoms with E-state index in [-0.39, 0.29) is 18.5 Å². The van der Waals surface area contributed by atoms with Gasteiger partial charge in [0.1, 0.15) is 11.6 Å². The van der Waals surface area contributed by atoms with Gasteiger partial charge >= 0.3 is 0 Å². The summed E-state index contributed by atoms with van der Waals surface area (Å²) in [6, 6.07) is 3.08. The third kappa shape index (κ3) is 2.47. The van der Waals surface area contributed by atoms with Crippen LogP contribution in [-0.4, -0.2) is 11.7 Å². The quantitative estimate of drug-likeness (QED) is 0.750. The molecule has 0 aliphatic rings. The summed E-state index contributed by atoms with van der Waals surface area (Å²) < 4.78 is 25.4. The van der Waals surface area contributed by atoms with Crippen LogP contribution < -0.4 is 5.73 Å². The molecule has 1 aromatic rings. The van der Waals surface area contributed by atoms with Crippen molar-refractivity contribution in [2.75, 3.05) is 6.54 Å². The Morgan fingerprint density at radius 2 is 2.08 bits per heavy atom. The topological polar surface area (TPSA) is 46.2 Å². The Balaban J connectivity index is 2.88. The second-order valence-electron chi connectivity index (χ2n) is 2.76. The number of halogens is 2. The van der Waals surface area contributed by atoms with E-state index >= 15 is 0 Å². The summed E-state index contributed by atoms with van der Waals surface area (Å²) in [5.41, 5.74) is 5.28. The number of aliphatic hydroxyl groups is 1. The standard InChI is InChI=1S/C9H11F2NO/c10-6-1-2-7(8(11)5-6)9(13)3-4-12/h1-2,5,9,13H,3-4,12H2/t9-/m1/s1. The van der Waals surface area contributed by atoms with Crippen molar-refractivity contribution in [2.45, 2.75) is 12.5 Å². The van der Waals surface area contributed by atoms with Gasteiger partial charge in [-0.3, -0.25) is 0 Å². The Kier molecular flexibility index (Phi) is 3.33. The van der Waals surface area contributed by atoms with Crippen LogP contribution in [0.3, 0.4) is 0 Å². The van der Waals surface area contributed by atoms with Crippen LogP contribution in [0.1, 0.15) is 18.1 Å². The zero-order chi connectivity index (χ0) is 9.84. The molecule has 0 saturated carbocycles. The lowest BCUT2D eigenvalue weighted by atomic mass is 10.1. The Morgan fingerprint density at radius 1 is 1.38 bits per heavy atom. The molecular weight excluding hydrogens is 176 g/mol. The first-order valence-corrected chi connectivity index (χ1v) is 3.98. The van der Waals surface area contributed by atoms with Gasteiger partial charge < -0.3 is 10.8 Å². The molecule has 0 aliphatic carbocycles. The predicted molar refractivity (Wildman–Crippen MR) is 45.0 cm³/mol. The molecule has 0 unspecified atom stereocenters. The van der Waals surface area contributed by atoms with Gasteiger partial charge in [-0.25, -0.2) is 8.78 Å². The summed E-state index contributed by atoms with van der Waals surface area (Å²) in [4.78, 5) is 0. The number of hydrogen-bond acceptors (Lipinski definition) is 2.